The Hall–Kier alpha value is -3.23. The minimum absolute atomic E-state index is 0.00602. The van der Waals surface area contributed by atoms with Gasteiger partial charge in [0.05, 0.1) is 24.3 Å². The normalized spacial score (nSPS) is 16.9. The smallest absolute Gasteiger partial charge is 0.416 e. The van der Waals surface area contributed by atoms with Crippen LogP contribution in [0.25, 0.3) is 0 Å². The van der Waals surface area contributed by atoms with E-state index < -0.39 is 41.2 Å². The largest absolute Gasteiger partial charge is 0.462 e. The molecule has 0 aliphatic carbocycles. The van der Waals surface area contributed by atoms with Gasteiger partial charge in [0.2, 0.25) is 5.91 Å². The van der Waals surface area contributed by atoms with Crippen LogP contribution in [0.15, 0.2) is 53.7 Å². The summed E-state index contributed by atoms with van der Waals surface area (Å²) in [5.41, 5.74) is -0.549. The number of benzene rings is 2. The number of carbonyl (C=O) groups is 2. The van der Waals surface area contributed by atoms with E-state index in [1.54, 1.807) is 0 Å². The number of amides is 1. The average Bonchev–Trinajstić information content (AvgIpc) is 2.75. The van der Waals surface area contributed by atoms with Crippen LogP contribution in [0.1, 0.15) is 49.8 Å². The van der Waals surface area contributed by atoms with E-state index in [0.29, 0.717) is 6.07 Å². The molecule has 1 unspecified atom stereocenters. The lowest BCUT2D eigenvalue weighted by atomic mass is 9.83. The van der Waals surface area contributed by atoms with Crippen LogP contribution in [0.5, 0.6) is 0 Å². The third kappa shape index (κ3) is 5.63. The molecule has 0 aromatic heterocycles. The number of carbonyl (C=O) groups excluding carboxylic acids is 2. The summed E-state index contributed by atoms with van der Waals surface area (Å²) in [6, 6.07) is 7.39. The van der Waals surface area contributed by atoms with Crippen molar-refractivity contribution in [1.82, 2.24) is 4.90 Å². The summed E-state index contributed by atoms with van der Waals surface area (Å²) in [6.45, 7) is 4.92. The fraction of sp³-hybridized carbons (Fsp3) is 0.360. The molecule has 0 saturated carbocycles. The third-order valence-electron chi connectivity index (χ3n) is 5.55. The number of rotatable bonds is 6. The molecule has 4 nitrogen and oxygen atoms in total. The molecule has 0 radical (unpaired) electrons. The first-order valence-electron chi connectivity index (χ1n) is 10.7. The molecule has 9 heteroatoms. The minimum atomic E-state index is -4.60. The summed E-state index contributed by atoms with van der Waals surface area (Å²) in [4.78, 5) is 27.2. The summed E-state index contributed by atoms with van der Waals surface area (Å²) in [5, 5.41) is 0. The number of hydrogen-bond donors (Lipinski definition) is 0. The molecule has 0 fully saturated rings. The number of hydrogen-bond acceptors (Lipinski definition) is 3. The maximum Gasteiger partial charge on any atom is 0.416 e. The summed E-state index contributed by atoms with van der Waals surface area (Å²) < 4.78 is 72.7. The zero-order valence-corrected chi connectivity index (χ0v) is 18.9. The van der Waals surface area contributed by atoms with Crippen molar-refractivity contribution >= 4 is 11.9 Å². The highest BCUT2D eigenvalue weighted by Gasteiger charge is 2.38. The Kier molecular flexibility index (Phi) is 7.43. The van der Waals surface area contributed by atoms with E-state index in [4.69, 9.17) is 4.74 Å². The first kappa shape index (κ1) is 25.4. The van der Waals surface area contributed by atoms with Gasteiger partial charge in [-0.2, -0.15) is 13.2 Å². The van der Waals surface area contributed by atoms with Crippen LogP contribution in [-0.2, 0) is 27.0 Å². The van der Waals surface area contributed by atoms with Gasteiger partial charge in [0.25, 0.3) is 0 Å². The summed E-state index contributed by atoms with van der Waals surface area (Å²) in [6.07, 6.45) is -4.91. The van der Waals surface area contributed by atoms with Crippen molar-refractivity contribution < 1.29 is 36.3 Å². The van der Waals surface area contributed by atoms with Gasteiger partial charge in [-0.1, -0.05) is 38.1 Å². The second-order valence-corrected chi connectivity index (χ2v) is 8.59. The maximum absolute atomic E-state index is 14.2. The molecule has 1 aliphatic rings. The number of esters is 1. The van der Waals surface area contributed by atoms with Gasteiger partial charge in [-0.25, -0.2) is 13.6 Å². The molecule has 1 aliphatic heterocycles. The molecular weight excluding hydrogens is 457 g/mol. The molecule has 1 amide bonds. The number of nitrogens with zero attached hydrogens (tertiary/aromatic N) is 1. The molecule has 0 spiro atoms. The number of allylic oxidation sites excluding steroid dienone is 1. The van der Waals surface area contributed by atoms with E-state index in [2.05, 4.69) is 0 Å². The summed E-state index contributed by atoms with van der Waals surface area (Å²) in [5.74, 6) is -3.87. The second kappa shape index (κ2) is 9.95. The fourth-order valence-electron chi connectivity index (χ4n) is 3.82. The Morgan fingerprint density at radius 2 is 1.85 bits per heavy atom. The Bertz CT molecular complexity index is 1120. The van der Waals surface area contributed by atoms with Crippen LogP contribution in [0, 0.1) is 17.6 Å². The molecule has 0 saturated heterocycles. The van der Waals surface area contributed by atoms with Crippen molar-refractivity contribution in [2.24, 2.45) is 5.92 Å². The first-order valence-corrected chi connectivity index (χ1v) is 10.7. The van der Waals surface area contributed by atoms with Crippen LogP contribution in [-0.4, -0.2) is 23.4 Å². The van der Waals surface area contributed by atoms with Crippen molar-refractivity contribution in [3.63, 3.8) is 0 Å². The molecule has 0 N–H and O–H groups in total. The van der Waals surface area contributed by atoms with Crippen molar-refractivity contribution in [3.05, 3.63) is 82.1 Å². The van der Waals surface area contributed by atoms with Crippen LogP contribution >= 0.6 is 0 Å². The Labute approximate surface area is 194 Å². The fourth-order valence-corrected chi connectivity index (χ4v) is 3.82. The molecular formula is C25H24F5NO3. The van der Waals surface area contributed by atoms with Gasteiger partial charge in [0.15, 0.2) is 0 Å². The van der Waals surface area contributed by atoms with Gasteiger partial charge in [-0.05, 0) is 30.5 Å². The van der Waals surface area contributed by atoms with Crippen molar-refractivity contribution in [2.45, 2.75) is 45.8 Å². The first-order chi connectivity index (χ1) is 15.9. The molecule has 2 aromatic carbocycles. The highest BCUT2D eigenvalue weighted by atomic mass is 19.4. The van der Waals surface area contributed by atoms with Crippen molar-refractivity contribution in [1.29, 1.82) is 0 Å². The molecule has 1 atom stereocenters. The van der Waals surface area contributed by atoms with E-state index in [9.17, 15) is 31.5 Å². The Balaban J connectivity index is 2.06. The highest BCUT2D eigenvalue weighted by Crippen LogP contribution is 2.40. The van der Waals surface area contributed by atoms with Crippen molar-refractivity contribution in [3.8, 4) is 0 Å². The van der Waals surface area contributed by atoms with Gasteiger partial charge in [0, 0.05) is 29.7 Å². The van der Waals surface area contributed by atoms with Crippen LogP contribution in [0.4, 0.5) is 22.0 Å². The van der Waals surface area contributed by atoms with E-state index in [1.165, 1.54) is 30.0 Å². The molecule has 34 heavy (non-hydrogen) atoms. The minimum Gasteiger partial charge on any atom is -0.462 e. The lowest BCUT2D eigenvalue weighted by Crippen LogP contribution is -2.38. The standard InChI is InChI=1S/C25H24F5NO3/c1-14(2)13-34-24(33)23-15(3)31(12-17-7-8-19(26)10-21(17)27)22(32)11-20(23)16-5-4-6-18(9-16)25(28,29)30/h4-10,14,20H,11-13H2,1-3H3. The molecule has 182 valence electrons. The topological polar surface area (TPSA) is 46.6 Å². The number of alkyl halides is 3. The zero-order valence-electron chi connectivity index (χ0n) is 18.9. The number of halogens is 5. The lowest BCUT2D eigenvalue weighted by molar-refractivity contribution is -0.141. The zero-order chi connectivity index (χ0) is 25.2. The van der Waals surface area contributed by atoms with E-state index in [0.717, 1.165) is 18.2 Å². The SMILES string of the molecule is CC1=C(C(=O)OCC(C)C)C(c2cccc(C(F)(F)F)c2)CC(=O)N1Cc1ccc(F)cc1F. The Morgan fingerprint density at radius 3 is 2.47 bits per heavy atom. The predicted octanol–water partition coefficient (Wildman–Crippen LogP) is 5.97. The van der Waals surface area contributed by atoms with Crippen LogP contribution in [0.2, 0.25) is 0 Å². The van der Waals surface area contributed by atoms with Gasteiger partial charge < -0.3 is 9.64 Å². The third-order valence-corrected chi connectivity index (χ3v) is 5.55. The summed E-state index contributed by atoms with van der Waals surface area (Å²) >= 11 is 0. The van der Waals surface area contributed by atoms with E-state index in [-0.39, 0.29) is 47.9 Å². The van der Waals surface area contributed by atoms with Gasteiger partial charge in [-0.3, -0.25) is 4.79 Å². The number of ether oxygens (including phenoxy) is 1. The second-order valence-electron chi connectivity index (χ2n) is 8.59. The van der Waals surface area contributed by atoms with E-state index >= 15 is 0 Å². The Morgan fingerprint density at radius 1 is 1.15 bits per heavy atom. The van der Waals surface area contributed by atoms with Crippen LogP contribution < -0.4 is 0 Å². The highest BCUT2D eigenvalue weighted by molar-refractivity contribution is 5.95. The molecule has 0 bridgehead atoms. The monoisotopic (exact) mass is 481 g/mol. The predicted molar refractivity (Wildman–Crippen MR) is 114 cm³/mol. The molecule has 3 rings (SSSR count). The van der Waals surface area contributed by atoms with Gasteiger partial charge in [-0.15, -0.1) is 0 Å². The summed E-state index contributed by atoms with van der Waals surface area (Å²) in [7, 11) is 0. The molecule has 1 heterocycles. The van der Waals surface area contributed by atoms with Crippen LogP contribution in [0.3, 0.4) is 0 Å². The maximum atomic E-state index is 14.2. The molecule has 2 aromatic rings. The average molecular weight is 481 g/mol. The van der Waals surface area contributed by atoms with E-state index in [1.807, 2.05) is 13.8 Å². The quantitative estimate of drug-likeness (QED) is 0.377. The van der Waals surface area contributed by atoms with Gasteiger partial charge >= 0.3 is 12.1 Å². The van der Waals surface area contributed by atoms with Crippen molar-refractivity contribution in [2.75, 3.05) is 6.61 Å². The lowest BCUT2D eigenvalue weighted by Gasteiger charge is -2.35. The van der Waals surface area contributed by atoms with Gasteiger partial charge in [0.1, 0.15) is 11.6 Å².